The van der Waals surface area contributed by atoms with E-state index in [0.29, 0.717) is 6.54 Å². The summed E-state index contributed by atoms with van der Waals surface area (Å²) < 4.78 is 0. The van der Waals surface area contributed by atoms with Gasteiger partial charge in [0.1, 0.15) is 6.54 Å². The predicted molar refractivity (Wildman–Crippen MR) is 94.8 cm³/mol. The maximum atomic E-state index is 12.6. The third-order valence-corrected chi connectivity index (χ3v) is 5.42. The zero-order chi connectivity index (χ0) is 16.4. The van der Waals surface area contributed by atoms with Gasteiger partial charge in [0.25, 0.3) is 5.91 Å². The normalized spacial score (nSPS) is 22.3. The van der Waals surface area contributed by atoms with Crippen LogP contribution in [0.2, 0.25) is 0 Å². The summed E-state index contributed by atoms with van der Waals surface area (Å²) >= 11 is 0. The second-order valence-corrected chi connectivity index (χ2v) is 7.08. The monoisotopic (exact) mass is 321 g/mol. The number of fused-ring (bicyclic) bond motifs is 2. The average molecular weight is 321 g/mol. The van der Waals surface area contributed by atoms with Crippen LogP contribution in [0.15, 0.2) is 48.5 Å². The highest BCUT2D eigenvalue weighted by molar-refractivity contribution is 5.77. The molecule has 1 amide bonds. The van der Waals surface area contributed by atoms with Crippen LogP contribution in [-0.2, 0) is 24.2 Å². The summed E-state index contributed by atoms with van der Waals surface area (Å²) in [5.74, 6) is 0.186. The largest absolute Gasteiger partial charge is 0.344 e. The molecule has 1 aliphatic heterocycles. The Kier molecular flexibility index (Phi) is 4.35. The van der Waals surface area contributed by atoms with E-state index in [1.165, 1.54) is 27.2 Å². The van der Waals surface area contributed by atoms with Crippen molar-refractivity contribution in [3.05, 3.63) is 70.8 Å². The van der Waals surface area contributed by atoms with Crippen LogP contribution in [0, 0.1) is 0 Å². The Hall–Kier alpha value is -2.13. The van der Waals surface area contributed by atoms with E-state index in [9.17, 15) is 4.79 Å². The van der Waals surface area contributed by atoms with E-state index in [-0.39, 0.29) is 11.9 Å². The van der Waals surface area contributed by atoms with Crippen LogP contribution in [0.1, 0.15) is 41.1 Å². The van der Waals surface area contributed by atoms with Crippen LogP contribution in [0.5, 0.6) is 0 Å². The SMILES string of the molecule is O=C(C[NH+]1CCc2ccccc2C1)N[C@H]1CCCc2ccccc21. The first-order chi connectivity index (χ1) is 11.8. The van der Waals surface area contributed by atoms with Gasteiger partial charge in [-0.3, -0.25) is 4.79 Å². The van der Waals surface area contributed by atoms with E-state index in [0.717, 1.165) is 38.8 Å². The summed E-state index contributed by atoms with van der Waals surface area (Å²) in [6, 6.07) is 17.4. The Balaban J connectivity index is 1.38. The van der Waals surface area contributed by atoms with Gasteiger partial charge in [-0.15, -0.1) is 0 Å². The topological polar surface area (TPSA) is 33.5 Å². The Morgan fingerprint density at radius 3 is 2.62 bits per heavy atom. The maximum Gasteiger partial charge on any atom is 0.275 e. The van der Waals surface area contributed by atoms with E-state index in [2.05, 4.69) is 53.8 Å². The van der Waals surface area contributed by atoms with Crippen LogP contribution >= 0.6 is 0 Å². The molecule has 0 aromatic heterocycles. The lowest BCUT2D eigenvalue weighted by molar-refractivity contribution is -0.908. The van der Waals surface area contributed by atoms with Crippen LogP contribution in [0.4, 0.5) is 0 Å². The van der Waals surface area contributed by atoms with Gasteiger partial charge in [0.15, 0.2) is 6.54 Å². The van der Waals surface area contributed by atoms with Gasteiger partial charge in [0.2, 0.25) is 0 Å². The number of hydrogen-bond acceptors (Lipinski definition) is 1. The molecule has 0 saturated carbocycles. The van der Waals surface area contributed by atoms with E-state index in [1.54, 1.807) is 0 Å². The molecule has 0 bridgehead atoms. The van der Waals surface area contributed by atoms with Gasteiger partial charge in [-0.05, 0) is 36.0 Å². The second-order valence-electron chi connectivity index (χ2n) is 7.08. The zero-order valence-electron chi connectivity index (χ0n) is 14.1. The summed E-state index contributed by atoms with van der Waals surface area (Å²) in [7, 11) is 0. The van der Waals surface area contributed by atoms with Crippen LogP contribution < -0.4 is 10.2 Å². The van der Waals surface area contributed by atoms with Gasteiger partial charge in [0, 0.05) is 12.0 Å². The molecule has 0 saturated heterocycles. The minimum absolute atomic E-state index is 0.186. The lowest BCUT2D eigenvalue weighted by Gasteiger charge is -2.28. The molecule has 3 heteroatoms. The second kappa shape index (κ2) is 6.78. The summed E-state index contributed by atoms with van der Waals surface area (Å²) in [5.41, 5.74) is 5.56. The van der Waals surface area contributed by atoms with E-state index >= 15 is 0 Å². The van der Waals surface area contributed by atoms with Crippen molar-refractivity contribution in [2.45, 2.75) is 38.3 Å². The number of rotatable bonds is 3. The number of aryl methyl sites for hydroxylation is 1. The zero-order valence-corrected chi connectivity index (χ0v) is 14.1. The standard InChI is InChI=1S/C21H24N2O/c24-21(15-23-13-12-16-6-1-2-8-18(16)14-23)22-20-11-5-9-17-7-3-4-10-19(17)20/h1-4,6-8,10,20H,5,9,11-15H2,(H,22,24)/p+1/t20-/m0/s1. The number of quaternary nitrogens is 1. The molecule has 2 aromatic rings. The van der Waals surface area contributed by atoms with E-state index < -0.39 is 0 Å². The molecule has 1 unspecified atom stereocenters. The van der Waals surface area contributed by atoms with Gasteiger partial charge in [-0.25, -0.2) is 0 Å². The molecule has 2 atom stereocenters. The summed E-state index contributed by atoms with van der Waals surface area (Å²) in [5, 5.41) is 3.29. The lowest BCUT2D eigenvalue weighted by Crippen LogP contribution is -3.12. The third kappa shape index (κ3) is 3.22. The van der Waals surface area contributed by atoms with Crippen LogP contribution in [0.3, 0.4) is 0 Å². The van der Waals surface area contributed by atoms with E-state index in [4.69, 9.17) is 0 Å². The third-order valence-electron chi connectivity index (χ3n) is 5.42. The molecule has 124 valence electrons. The van der Waals surface area contributed by atoms with Crippen molar-refractivity contribution in [3.63, 3.8) is 0 Å². The highest BCUT2D eigenvalue weighted by atomic mass is 16.2. The van der Waals surface area contributed by atoms with Crippen molar-refractivity contribution < 1.29 is 9.69 Å². The number of carbonyl (C=O) groups excluding carboxylic acids is 1. The minimum atomic E-state index is 0.186. The minimum Gasteiger partial charge on any atom is -0.344 e. The molecule has 2 N–H and O–H groups in total. The van der Waals surface area contributed by atoms with E-state index in [1.807, 2.05) is 0 Å². The molecule has 0 radical (unpaired) electrons. The molecule has 1 aliphatic carbocycles. The molecular formula is C21H25N2O+. The van der Waals surface area contributed by atoms with Gasteiger partial charge in [-0.2, -0.15) is 0 Å². The first-order valence-electron chi connectivity index (χ1n) is 9.07. The van der Waals surface area contributed by atoms with Crippen LogP contribution in [-0.4, -0.2) is 19.0 Å². The molecule has 1 heterocycles. The fraction of sp³-hybridized carbons (Fsp3) is 0.381. The average Bonchev–Trinajstić information content (AvgIpc) is 2.62. The number of benzene rings is 2. The summed E-state index contributed by atoms with van der Waals surface area (Å²) in [4.78, 5) is 13.9. The Labute approximate surface area is 143 Å². The van der Waals surface area contributed by atoms with Gasteiger partial charge in [0.05, 0.1) is 12.6 Å². The van der Waals surface area contributed by atoms with Crippen molar-refractivity contribution in [2.24, 2.45) is 0 Å². The van der Waals surface area contributed by atoms with Crippen molar-refractivity contribution in [1.29, 1.82) is 0 Å². The van der Waals surface area contributed by atoms with Crippen molar-refractivity contribution in [3.8, 4) is 0 Å². The number of hydrogen-bond donors (Lipinski definition) is 2. The fourth-order valence-electron chi connectivity index (χ4n) is 4.17. The molecule has 0 spiro atoms. The first kappa shape index (κ1) is 15.4. The highest BCUT2D eigenvalue weighted by Crippen LogP contribution is 2.29. The predicted octanol–water partition coefficient (Wildman–Crippen LogP) is 1.82. The van der Waals surface area contributed by atoms with Gasteiger partial charge in [-0.1, -0.05) is 48.5 Å². The maximum absolute atomic E-state index is 12.6. The molecule has 0 fully saturated rings. The summed E-state index contributed by atoms with van der Waals surface area (Å²) in [6.07, 6.45) is 4.43. The van der Waals surface area contributed by atoms with Crippen molar-refractivity contribution >= 4 is 5.91 Å². The van der Waals surface area contributed by atoms with Crippen molar-refractivity contribution in [1.82, 2.24) is 5.32 Å². The molecule has 4 rings (SSSR count). The lowest BCUT2D eigenvalue weighted by atomic mass is 9.88. The fourth-order valence-corrected chi connectivity index (χ4v) is 4.17. The highest BCUT2D eigenvalue weighted by Gasteiger charge is 2.25. The number of carbonyl (C=O) groups is 1. The Morgan fingerprint density at radius 2 is 1.75 bits per heavy atom. The molecule has 3 nitrogen and oxygen atoms in total. The van der Waals surface area contributed by atoms with Gasteiger partial charge < -0.3 is 10.2 Å². The Morgan fingerprint density at radius 1 is 1.00 bits per heavy atom. The van der Waals surface area contributed by atoms with Crippen molar-refractivity contribution in [2.75, 3.05) is 13.1 Å². The first-order valence-corrected chi connectivity index (χ1v) is 9.07. The smallest absolute Gasteiger partial charge is 0.275 e. The summed E-state index contributed by atoms with van der Waals surface area (Å²) in [6.45, 7) is 2.59. The Bertz CT molecular complexity index is 740. The quantitative estimate of drug-likeness (QED) is 0.888. The number of amides is 1. The molecular weight excluding hydrogens is 296 g/mol. The van der Waals surface area contributed by atoms with Gasteiger partial charge >= 0.3 is 0 Å². The van der Waals surface area contributed by atoms with Crippen LogP contribution in [0.25, 0.3) is 0 Å². The number of nitrogens with one attached hydrogen (secondary N) is 2. The molecule has 2 aliphatic rings. The molecule has 2 aromatic carbocycles. The molecule has 24 heavy (non-hydrogen) atoms.